The predicted octanol–water partition coefficient (Wildman–Crippen LogP) is 6.10. The van der Waals surface area contributed by atoms with E-state index in [1.807, 2.05) is 0 Å². The summed E-state index contributed by atoms with van der Waals surface area (Å²) in [6.07, 6.45) is -2.83. The molecule has 174 valence electrons. The number of nitrogens with two attached hydrogens (primary N) is 2. The van der Waals surface area contributed by atoms with E-state index in [9.17, 15) is 13.2 Å². The van der Waals surface area contributed by atoms with Crippen LogP contribution in [0.3, 0.4) is 0 Å². The number of benzene rings is 2. The number of alkyl halides is 3. The van der Waals surface area contributed by atoms with Crippen LogP contribution < -0.4 is 16.2 Å². The molecule has 12 heteroatoms. The maximum atomic E-state index is 12.7. The average molecular weight is 544 g/mol. The van der Waals surface area contributed by atoms with Crippen LogP contribution in [0, 0.1) is 0 Å². The number of hydrogen-bond donors (Lipinski definition) is 2. The molecule has 0 aliphatic rings. The highest BCUT2D eigenvalue weighted by molar-refractivity contribution is 9.10. The van der Waals surface area contributed by atoms with Crippen LogP contribution in [0.5, 0.6) is 5.75 Å². The lowest BCUT2D eigenvalue weighted by molar-refractivity contribution is -0.274. The zero-order valence-electron chi connectivity index (χ0n) is 17.3. The number of allylic oxidation sites excluding steroid dienone is 1. The second kappa shape index (κ2) is 9.84. The largest absolute Gasteiger partial charge is 0.573 e. The number of aromatic nitrogens is 4. The molecule has 4 N–H and O–H groups in total. The summed E-state index contributed by atoms with van der Waals surface area (Å²) in [5, 5.41) is 4.91. The van der Waals surface area contributed by atoms with Crippen molar-refractivity contribution in [3.05, 3.63) is 58.2 Å². The van der Waals surface area contributed by atoms with Crippen LogP contribution in [-0.4, -0.2) is 25.9 Å². The molecule has 4 rings (SSSR count). The summed E-state index contributed by atoms with van der Waals surface area (Å²) in [6.45, 7) is 5.60. The van der Waals surface area contributed by atoms with Gasteiger partial charge in [0.15, 0.2) is 11.5 Å². The van der Waals surface area contributed by atoms with E-state index in [2.05, 4.69) is 49.2 Å². The topological polar surface area (TPSA) is 104 Å². The minimum absolute atomic E-state index is 0.00751. The zero-order chi connectivity index (χ0) is 24.3. The first kappa shape index (κ1) is 24.6. The van der Waals surface area contributed by atoms with Crippen molar-refractivity contribution in [1.29, 1.82) is 0 Å². The third-order valence-electron chi connectivity index (χ3n) is 4.26. The first-order valence-electron chi connectivity index (χ1n) is 9.59. The van der Waals surface area contributed by atoms with Crippen LogP contribution >= 0.6 is 27.5 Å². The van der Waals surface area contributed by atoms with Crippen molar-refractivity contribution in [2.24, 2.45) is 5.73 Å². The highest BCUT2D eigenvalue weighted by Gasteiger charge is 2.33. The summed E-state index contributed by atoms with van der Waals surface area (Å²) in [5.74, 6) is -0.481. The van der Waals surface area contributed by atoms with E-state index in [-0.39, 0.29) is 22.4 Å². The molecule has 0 bridgehead atoms. The Bertz CT molecular complexity index is 1330. The Morgan fingerprint density at radius 1 is 1.24 bits per heavy atom. The van der Waals surface area contributed by atoms with Crippen LogP contribution in [0.2, 0.25) is 5.02 Å². The summed E-state index contributed by atoms with van der Waals surface area (Å²) in [5.41, 5.74) is 12.9. The molecule has 7 nitrogen and oxygen atoms in total. The summed E-state index contributed by atoms with van der Waals surface area (Å²) < 4.78 is 44.3. The van der Waals surface area contributed by atoms with Gasteiger partial charge >= 0.3 is 6.36 Å². The van der Waals surface area contributed by atoms with Gasteiger partial charge in [0.05, 0.1) is 11.1 Å². The number of nitrogens with zero attached hydrogens (tertiary/aromatic N) is 4. The van der Waals surface area contributed by atoms with E-state index in [1.165, 1.54) is 16.6 Å². The summed E-state index contributed by atoms with van der Waals surface area (Å²) in [7, 11) is 0. The van der Waals surface area contributed by atoms with Crippen LogP contribution in [0.25, 0.3) is 27.9 Å². The van der Waals surface area contributed by atoms with Gasteiger partial charge in [-0.15, -0.1) is 18.3 Å². The lowest BCUT2D eigenvalue weighted by Gasteiger charge is -2.11. The Morgan fingerprint density at radius 2 is 1.97 bits per heavy atom. The standard InChI is InChI=1S/C16H8BrClF3N5O.C5H11N/c17-10-3-1-2-9-12(10)23-15(22)26-14(9)24-13(25-26)8-5-4-7(18)6-11(8)27-16(19,20)21;1-3-4-5(2)6/h1-6H,(H2,22,23);2-4,6H2,1H3. The van der Waals surface area contributed by atoms with E-state index in [1.54, 1.807) is 18.2 Å². The summed E-state index contributed by atoms with van der Waals surface area (Å²) >= 11 is 9.19. The van der Waals surface area contributed by atoms with Gasteiger partial charge in [0.1, 0.15) is 5.75 Å². The Labute approximate surface area is 200 Å². The first-order chi connectivity index (χ1) is 15.5. The van der Waals surface area contributed by atoms with Gasteiger partial charge in [-0.25, -0.2) is 9.97 Å². The average Bonchev–Trinajstić information content (AvgIpc) is 3.14. The monoisotopic (exact) mass is 542 g/mol. The molecule has 0 amide bonds. The SMILES string of the molecule is C=C(N)CCC.Nc1nc2c(Br)cccc2c2nc(-c3ccc(Cl)cc3OC(F)(F)F)nn12. The maximum absolute atomic E-state index is 12.7. The quantitative estimate of drug-likeness (QED) is 0.322. The van der Waals surface area contributed by atoms with Crippen molar-refractivity contribution in [1.82, 2.24) is 19.6 Å². The zero-order valence-corrected chi connectivity index (χ0v) is 19.7. The Balaban J connectivity index is 0.000000454. The fourth-order valence-corrected chi connectivity index (χ4v) is 3.56. The van der Waals surface area contributed by atoms with Crippen LogP contribution in [-0.2, 0) is 0 Å². The Morgan fingerprint density at radius 3 is 2.58 bits per heavy atom. The molecule has 0 aliphatic carbocycles. The van der Waals surface area contributed by atoms with Gasteiger partial charge in [0.2, 0.25) is 5.95 Å². The van der Waals surface area contributed by atoms with Crippen molar-refractivity contribution in [3.8, 4) is 17.1 Å². The van der Waals surface area contributed by atoms with E-state index in [0.717, 1.165) is 24.6 Å². The van der Waals surface area contributed by atoms with Crippen molar-refractivity contribution >= 4 is 50.0 Å². The molecule has 2 heterocycles. The molecular formula is C21H19BrClF3N6O. The Kier molecular flexibility index (Phi) is 7.33. The lowest BCUT2D eigenvalue weighted by atomic mass is 10.2. The van der Waals surface area contributed by atoms with Gasteiger partial charge in [-0.05, 0) is 52.7 Å². The molecule has 0 saturated carbocycles. The van der Waals surface area contributed by atoms with Gasteiger partial charge in [0, 0.05) is 20.6 Å². The van der Waals surface area contributed by atoms with E-state index in [4.69, 9.17) is 23.1 Å². The minimum atomic E-state index is -4.89. The van der Waals surface area contributed by atoms with E-state index in [0.29, 0.717) is 21.0 Å². The molecule has 0 atom stereocenters. The van der Waals surface area contributed by atoms with Crippen LogP contribution in [0.1, 0.15) is 19.8 Å². The molecule has 0 fully saturated rings. The number of anilines is 1. The van der Waals surface area contributed by atoms with Gasteiger partial charge < -0.3 is 16.2 Å². The van der Waals surface area contributed by atoms with E-state index >= 15 is 0 Å². The van der Waals surface area contributed by atoms with Crippen LogP contribution in [0.4, 0.5) is 19.1 Å². The van der Waals surface area contributed by atoms with E-state index < -0.39 is 12.1 Å². The number of fused-ring (bicyclic) bond motifs is 3. The number of hydrogen-bond acceptors (Lipinski definition) is 6. The maximum Gasteiger partial charge on any atom is 0.573 e. The minimum Gasteiger partial charge on any atom is -0.405 e. The second-order valence-corrected chi connectivity index (χ2v) is 8.16. The molecule has 0 spiro atoms. The summed E-state index contributed by atoms with van der Waals surface area (Å²) in [4.78, 5) is 8.62. The molecule has 0 radical (unpaired) electrons. The number of halogens is 5. The highest BCUT2D eigenvalue weighted by atomic mass is 79.9. The van der Waals surface area contributed by atoms with Crippen molar-refractivity contribution in [2.45, 2.75) is 26.1 Å². The number of nitrogen functional groups attached to an aromatic ring is 1. The Hall–Kier alpha value is -3.05. The van der Waals surface area contributed by atoms with Gasteiger partial charge in [-0.3, -0.25) is 0 Å². The molecule has 2 aromatic heterocycles. The summed E-state index contributed by atoms with van der Waals surface area (Å²) in [6, 6.07) is 9.14. The van der Waals surface area contributed by atoms with Crippen LogP contribution in [0.15, 0.2) is 53.1 Å². The number of ether oxygens (including phenoxy) is 1. The smallest absolute Gasteiger partial charge is 0.405 e. The molecule has 0 aliphatic heterocycles. The lowest BCUT2D eigenvalue weighted by Crippen LogP contribution is -2.17. The fourth-order valence-electron chi connectivity index (χ4n) is 2.94. The normalized spacial score (nSPS) is 11.3. The number of rotatable bonds is 4. The fraction of sp³-hybridized carbons (Fsp3) is 0.190. The molecule has 0 unspecified atom stereocenters. The molecule has 2 aromatic carbocycles. The van der Waals surface area contributed by atoms with Crippen molar-refractivity contribution in [3.63, 3.8) is 0 Å². The van der Waals surface area contributed by atoms with Gasteiger partial charge in [0.25, 0.3) is 0 Å². The molecule has 0 saturated heterocycles. The number of para-hydroxylation sites is 1. The molecular weight excluding hydrogens is 525 g/mol. The van der Waals surface area contributed by atoms with Crippen molar-refractivity contribution in [2.75, 3.05) is 5.73 Å². The first-order valence-corrected chi connectivity index (χ1v) is 10.8. The van der Waals surface area contributed by atoms with Gasteiger partial charge in [-0.2, -0.15) is 4.52 Å². The highest BCUT2D eigenvalue weighted by Crippen LogP contribution is 2.35. The third-order valence-corrected chi connectivity index (χ3v) is 5.13. The molecule has 4 aromatic rings. The third kappa shape index (κ3) is 5.85. The second-order valence-electron chi connectivity index (χ2n) is 6.87. The van der Waals surface area contributed by atoms with Gasteiger partial charge in [-0.1, -0.05) is 37.6 Å². The van der Waals surface area contributed by atoms with Crippen molar-refractivity contribution < 1.29 is 17.9 Å². The predicted molar refractivity (Wildman–Crippen MR) is 126 cm³/mol. The molecule has 33 heavy (non-hydrogen) atoms.